The molecule has 0 fully saturated rings. The van der Waals surface area contributed by atoms with Crippen LogP contribution >= 0.6 is 11.6 Å². The zero-order chi connectivity index (χ0) is 33.7. The Labute approximate surface area is 292 Å². The molecule has 7 heteroatoms. The molecule has 0 aliphatic heterocycles. The molecule has 0 atom stereocenters. The Morgan fingerprint density at radius 3 is 1.66 bits per heavy atom. The van der Waals surface area contributed by atoms with Crippen molar-refractivity contribution in [3.8, 4) is 11.4 Å². The van der Waals surface area contributed by atoms with Crippen molar-refractivity contribution in [3.05, 3.63) is 40.0 Å². The molecule has 0 unspecified atom stereocenters. The van der Waals surface area contributed by atoms with Crippen molar-refractivity contribution >= 4 is 17.2 Å². The van der Waals surface area contributed by atoms with Crippen molar-refractivity contribution in [2.45, 2.75) is 182 Å². The standard InChI is InChI=1S/C40H67ClN4O2/c1-6-8-10-12-14-16-18-20-22-24-28-46-31-33-26-27-35(38-42-39-36(41)37(40(3,4)5)43-45(39)44-38)34(30-33)32-47-29-25-23-21-19-17-15-13-11-9-7-2/h26-27,30,43H,6-25,28-29,31-32H2,1-5H3. The molecule has 0 bridgehead atoms. The first-order valence-electron chi connectivity index (χ1n) is 19.3. The zero-order valence-electron chi connectivity index (χ0n) is 30.7. The first-order chi connectivity index (χ1) is 22.8. The maximum absolute atomic E-state index is 6.75. The van der Waals surface area contributed by atoms with Crippen molar-refractivity contribution in [2.24, 2.45) is 0 Å². The number of rotatable bonds is 27. The van der Waals surface area contributed by atoms with E-state index in [9.17, 15) is 0 Å². The largest absolute Gasteiger partial charge is 0.377 e. The fraction of sp³-hybridized carbons (Fsp3) is 0.750. The Morgan fingerprint density at radius 1 is 0.681 bits per heavy atom. The van der Waals surface area contributed by atoms with Crippen molar-refractivity contribution in [3.63, 3.8) is 0 Å². The summed E-state index contributed by atoms with van der Waals surface area (Å²) in [7, 11) is 0. The number of nitrogens with zero attached hydrogens (tertiary/aromatic N) is 3. The number of nitrogens with one attached hydrogen (secondary N) is 1. The number of benzene rings is 1. The maximum atomic E-state index is 6.75. The lowest BCUT2D eigenvalue weighted by molar-refractivity contribution is 0.113. The highest BCUT2D eigenvalue weighted by Gasteiger charge is 2.25. The first-order valence-corrected chi connectivity index (χ1v) is 19.6. The average Bonchev–Trinajstić information content (AvgIpc) is 3.61. The molecule has 0 aliphatic carbocycles. The van der Waals surface area contributed by atoms with Crippen LogP contribution in [0.4, 0.5) is 0 Å². The molecule has 0 saturated heterocycles. The van der Waals surface area contributed by atoms with E-state index in [1.165, 1.54) is 116 Å². The number of halogens is 1. The van der Waals surface area contributed by atoms with Gasteiger partial charge >= 0.3 is 0 Å². The summed E-state index contributed by atoms with van der Waals surface area (Å²) in [5.74, 6) is 0.661. The van der Waals surface area contributed by atoms with Crippen LogP contribution in [0.1, 0.15) is 180 Å². The first kappa shape index (κ1) is 39.5. The lowest BCUT2D eigenvalue weighted by Gasteiger charge is -2.16. The van der Waals surface area contributed by atoms with Gasteiger partial charge in [-0.25, -0.2) is 4.98 Å². The highest BCUT2D eigenvalue weighted by molar-refractivity contribution is 6.34. The number of aromatic nitrogens is 4. The van der Waals surface area contributed by atoms with E-state index in [4.69, 9.17) is 31.2 Å². The van der Waals surface area contributed by atoms with Crippen LogP contribution in [0.3, 0.4) is 0 Å². The fourth-order valence-electron chi connectivity index (χ4n) is 6.24. The predicted octanol–water partition coefficient (Wildman–Crippen LogP) is 12.6. The molecule has 266 valence electrons. The Hall–Kier alpha value is -1.89. The van der Waals surface area contributed by atoms with Crippen LogP contribution in [0.2, 0.25) is 5.02 Å². The van der Waals surface area contributed by atoms with Crippen LogP contribution in [0.25, 0.3) is 17.0 Å². The van der Waals surface area contributed by atoms with Gasteiger partial charge in [0.2, 0.25) is 0 Å². The van der Waals surface area contributed by atoms with Gasteiger partial charge in [-0.15, -0.1) is 5.10 Å². The summed E-state index contributed by atoms with van der Waals surface area (Å²) in [5.41, 5.74) is 4.72. The molecule has 1 aromatic carbocycles. The van der Waals surface area contributed by atoms with E-state index in [0.29, 0.717) is 29.7 Å². The Morgan fingerprint density at radius 2 is 1.17 bits per heavy atom. The molecule has 3 aromatic rings. The Kier molecular flexibility index (Phi) is 19.1. The quantitative estimate of drug-likeness (QED) is 0.0820. The second-order valence-electron chi connectivity index (χ2n) is 14.7. The molecule has 2 aromatic heterocycles. The predicted molar refractivity (Wildman–Crippen MR) is 199 cm³/mol. The van der Waals surface area contributed by atoms with E-state index < -0.39 is 0 Å². The van der Waals surface area contributed by atoms with Gasteiger partial charge < -0.3 is 9.47 Å². The zero-order valence-corrected chi connectivity index (χ0v) is 31.5. The molecule has 6 nitrogen and oxygen atoms in total. The monoisotopic (exact) mass is 670 g/mol. The lowest BCUT2D eigenvalue weighted by atomic mass is 9.92. The van der Waals surface area contributed by atoms with Gasteiger partial charge in [0.1, 0.15) is 5.02 Å². The maximum Gasteiger partial charge on any atom is 0.194 e. The SMILES string of the molecule is CCCCCCCCCCCCOCc1ccc(-c2nc3c(Cl)c(C(C)(C)C)[nH]n3n2)c(COCCCCCCCCCCCC)c1. The van der Waals surface area contributed by atoms with E-state index in [1.807, 2.05) is 0 Å². The number of hydrogen-bond acceptors (Lipinski definition) is 4. The summed E-state index contributed by atoms with van der Waals surface area (Å²) in [6.07, 6.45) is 26.6. The second kappa shape index (κ2) is 22.7. The summed E-state index contributed by atoms with van der Waals surface area (Å²) in [6, 6.07) is 6.47. The molecule has 2 heterocycles. The second-order valence-corrected chi connectivity index (χ2v) is 15.1. The summed E-state index contributed by atoms with van der Waals surface area (Å²) < 4.78 is 14.0. The normalized spacial score (nSPS) is 12.1. The molecular weight excluding hydrogens is 604 g/mol. The third-order valence-corrected chi connectivity index (χ3v) is 9.57. The summed E-state index contributed by atoms with van der Waals surface area (Å²) in [6.45, 7) is 13.7. The minimum atomic E-state index is -0.122. The van der Waals surface area contributed by atoms with E-state index in [1.54, 1.807) is 4.63 Å². The van der Waals surface area contributed by atoms with Crippen LogP contribution in [0.15, 0.2) is 18.2 Å². The topological polar surface area (TPSA) is 64.4 Å². The van der Waals surface area contributed by atoms with Crippen LogP contribution < -0.4 is 0 Å². The van der Waals surface area contributed by atoms with E-state index >= 15 is 0 Å². The summed E-state index contributed by atoms with van der Waals surface area (Å²) >= 11 is 6.75. The van der Waals surface area contributed by atoms with Crippen molar-refractivity contribution in [1.82, 2.24) is 19.8 Å². The van der Waals surface area contributed by atoms with Gasteiger partial charge in [0.25, 0.3) is 0 Å². The van der Waals surface area contributed by atoms with Gasteiger partial charge in [-0.3, -0.25) is 5.10 Å². The number of aromatic amines is 1. The highest BCUT2D eigenvalue weighted by Crippen LogP contribution is 2.32. The molecule has 0 aliphatic rings. The molecule has 0 spiro atoms. The highest BCUT2D eigenvalue weighted by atomic mass is 35.5. The molecule has 1 N–H and O–H groups in total. The van der Waals surface area contributed by atoms with Crippen molar-refractivity contribution in [1.29, 1.82) is 0 Å². The van der Waals surface area contributed by atoms with E-state index in [-0.39, 0.29) is 5.41 Å². The number of fused-ring (bicyclic) bond motifs is 1. The van der Waals surface area contributed by atoms with Crippen molar-refractivity contribution in [2.75, 3.05) is 13.2 Å². The van der Waals surface area contributed by atoms with E-state index in [2.05, 4.69) is 57.9 Å². The van der Waals surface area contributed by atoms with E-state index in [0.717, 1.165) is 48.4 Å². The summed E-state index contributed by atoms with van der Waals surface area (Å²) in [4.78, 5) is 4.85. The minimum absolute atomic E-state index is 0.122. The van der Waals surface area contributed by atoms with Crippen LogP contribution in [-0.4, -0.2) is 33.0 Å². The third-order valence-electron chi connectivity index (χ3n) is 9.21. The minimum Gasteiger partial charge on any atom is -0.377 e. The van der Waals surface area contributed by atoms with Gasteiger partial charge in [-0.2, -0.15) is 4.63 Å². The van der Waals surface area contributed by atoms with Crippen LogP contribution in [0.5, 0.6) is 0 Å². The van der Waals surface area contributed by atoms with Gasteiger partial charge in [-0.05, 0) is 24.0 Å². The number of H-pyrrole nitrogens is 1. The number of unbranched alkanes of at least 4 members (excludes halogenated alkanes) is 18. The fourth-order valence-corrected chi connectivity index (χ4v) is 6.69. The average molecular weight is 671 g/mol. The molecule has 0 radical (unpaired) electrons. The molecule has 3 rings (SSSR count). The van der Waals surface area contributed by atoms with Gasteiger partial charge in [0.05, 0.1) is 18.9 Å². The number of hydrogen-bond donors (Lipinski definition) is 1. The van der Waals surface area contributed by atoms with Crippen LogP contribution in [0, 0.1) is 0 Å². The summed E-state index contributed by atoms with van der Waals surface area (Å²) in [5, 5.41) is 8.77. The van der Waals surface area contributed by atoms with Crippen molar-refractivity contribution < 1.29 is 9.47 Å². The Bertz CT molecular complexity index is 1250. The lowest BCUT2D eigenvalue weighted by Crippen LogP contribution is -2.13. The molecule has 0 amide bonds. The smallest absolute Gasteiger partial charge is 0.194 e. The van der Waals surface area contributed by atoms with Gasteiger partial charge in [-0.1, -0.05) is 180 Å². The molecular formula is C40H67ClN4O2. The molecule has 47 heavy (non-hydrogen) atoms. The number of ether oxygens (including phenoxy) is 2. The Balaban J connectivity index is 1.49. The van der Waals surface area contributed by atoms with Crippen LogP contribution in [-0.2, 0) is 28.1 Å². The van der Waals surface area contributed by atoms with Gasteiger partial charge in [0, 0.05) is 24.2 Å². The van der Waals surface area contributed by atoms with Gasteiger partial charge in [0.15, 0.2) is 11.5 Å². The molecule has 0 saturated carbocycles. The third kappa shape index (κ3) is 14.6.